The molecular weight excluding hydrogens is 364 g/mol. The number of amides is 2. The highest BCUT2D eigenvalue weighted by molar-refractivity contribution is 5.95. The zero-order valence-corrected chi connectivity index (χ0v) is 18.5. The molecule has 0 atom stereocenters. The molecule has 1 aromatic rings. The second-order valence-electron chi connectivity index (χ2n) is 9.11. The Morgan fingerprint density at radius 2 is 1.66 bits per heavy atom. The van der Waals surface area contributed by atoms with Crippen molar-refractivity contribution in [2.45, 2.75) is 78.3 Å². The van der Waals surface area contributed by atoms with E-state index in [1.54, 1.807) is 13.2 Å². The van der Waals surface area contributed by atoms with E-state index in [2.05, 4.69) is 36.3 Å². The van der Waals surface area contributed by atoms with Crippen LogP contribution in [0.2, 0.25) is 0 Å². The van der Waals surface area contributed by atoms with E-state index in [-0.39, 0.29) is 35.2 Å². The third-order valence-corrected chi connectivity index (χ3v) is 5.06. The molecule has 1 aliphatic rings. The van der Waals surface area contributed by atoms with Crippen LogP contribution >= 0.6 is 0 Å². The van der Waals surface area contributed by atoms with E-state index < -0.39 is 0 Å². The van der Waals surface area contributed by atoms with E-state index in [9.17, 15) is 9.59 Å². The molecule has 5 nitrogen and oxygen atoms in total. The van der Waals surface area contributed by atoms with Crippen LogP contribution < -0.4 is 15.4 Å². The van der Waals surface area contributed by atoms with E-state index in [1.807, 2.05) is 32.9 Å². The smallest absolute Gasteiger partial charge is 0.296 e. The Kier molecular flexibility index (Phi) is 7.73. The van der Waals surface area contributed by atoms with Crippen molar-refractivity contribution in [1.82, 2.24) is 10.6 Å². The van der Waals surface area contributed by atoms with Gasteiger partial charge in [-0.3, -0.25) is 9.59 Å². The maximum absolute atomic E-state index is 12.7. The lowest BCUT2D eigenvalue weighted by Gasteiger charge is -2.29. The van der Waals surface area contributed by atoms with Gasteiger partial charge in [0.15, 0.2) is 0 Å². The van der Waals surface area contributed by atoms with Crippen LogP contribution in [0.4, 0.5) is 0 Å². The first-order valence-corrected chi connectivity index (χ1v) is 10.4. The first kappa shape index (κ1) is 22.8. The first-order chi connectivity index (χ1) is 13.6. The topological polar surface area (TPSA) is 67.4 Å². The number of rotatable bonds is 5. The molecule has 1 aromatic carbocycles. The third-order valence-electron chi connectivity index (χ3n) is 5.06. The lowest BCUT2D eigenvalue weighted by molar-refractivity contribution is -0.116. The van der Waals surface area contributed by atoms with Crippen molar-refractivity contribution in [3.05, 3.63) is 29.3 Å². The summed E-state index contributed by atoms with van der Waals surface area (Å²) in [5, 5.41) is 6.13. The fourth-order valence-corrected chi connectivity index (χ4v) is 3.44. The van der Waals surface area contributed by atoms with E-state index >= 15 is 0 Å². The van der Waals surface area contributed by atoms with Gasteiger partial charge in [-0.05, 0) is 82.1 Å². The van der Waals surface area contributed by atoms with Gasteiger partial charge in [0.25, 0.3) is 11.8 Å². The van der Waals surface area contributed by atoms with Gasteiger partial charge in [-0.25, -0.2) is 0 Å². The van der Waals surface area contributed by atoms with Crippen LogP contribution in [0, 0.1) is 17.3 Å². The van der Waals surface area contributed by atoms with Crippen molar-refractivity contribution in [3.8, 4) is 17.6 Å². The second-order valence-corrected chi connectivity index (χ2v) is 9.11. The fourth-order valence-electron chi connectivity index (χ4n) is 3.44. The summed E-state index contributed by atoms with van der Waals surface area (Å²) in [5.74, 6) is 6.45. The highest BCUT2D eigenvalue weighted by atomic mass is 16.5. The normalized spacial score (nSPS) is 19.1. The molecule has 0 spiro atoms. The van der Waals surface area contributed by atoms with Gasteiger partial charge in [0.05, 0.1) is 7.11 Å². The Morgan fingerprint density at radius 3 is 2.17 bits per heavy atom. The maximum atomic E-state index is 12.7. The Balaban J connectivity index is 1.88. The summed E-state index contributed by atoms with van der Waals surface area (Å²) in [6, 6.07) is 5.83. The Hall–Kier alpha value is -2.48. The quantitative estimate of drug-likeness (QED) is 0.736. The summed E-state index contributed by atoms with van der Waals surface area (Å²) in [6.07, 6.45) is 3.37. The average molecular weight is 399 g/mol. The monoisotopic (exact) mass is 398 g/mol. The molecule has 0 bridgehead atoms. The van der Waals surface area contributed by atoms with Gasteiger partial charge in [-0.1, -0.05) is 19.8 Å². The van der Waals surface area contributed by atoms with Crippen molar-refractivity contribution in [3.63, 3.8) is 0 Å². The standard InChI is InChI=1S/C24H34N2O3/c1-16(2)20-15-17(7-12-21(20)29-6)23(28)26-19-10-8-18(9-11-19)25-22(27)13-14-24(3,4)5/h7,12,15-16,18-19H,8-11H2,1-6H3,(H,25,27)(H,26,28). The van der Waals surface area contributed by atoms with E-state index in [4.69, 9.17) is 4.74 Å². The van der Waals surface area contributed by atoms with E-state index in [1.165, 1.54) is 0 Å². The Morgan fingerprint density at radius 1 is 1.07 bits per heavy atom. The predicted octanol–water partition coefficient (Wildman–Crippen LogP) is 4.03. The number of hydrogen-bond acceptors (Lipinski definition) is 3. The molecule has 0 aromatic heterocycles. The minimum atomic E-state index is -0.216. The van der Waals surface area contributed by atoms with Crippen LogP contribution in [0.1, 0.15) is 82.1 Å². The molecular formula is C24H34N2O3. The first-order valence-electron chi connectivity index (χ1n) is 10.4. The molecule has 2 N–H and O–H groups in total. The zero-order chi connectivity index (χ0) is 21.6. The van der Waals surface area contributed by atoms with Crippen molar-refractivity contribution in [2.75, 3.05) is 7.11 Å². The number of hydrogen-bond donors (Lipinski definition) is 2. The van der Waals surface area contributed by atoms with Crippen LogP contribution in [0.25, 0.3) is 0 Å². The fraction of sp³-hybridized carbons (Fsp3) is 0.583. The minimum absolute atomic E-state index is 0.0573. The lowest BCUT2D eigenvalue weighted by Crippen LogP contribution is -2.43. The number of benzene rings is 1. The number of carbonyl (C=O) groups is 2. The summed E-state index contributed by atoms with van der Waals surface area (Å²) in [4.78, 5) is 24.7. The highest BCUT2D eigenvalue weighted by Crippen LogP contribution is 2.27. The molecule has 1 aliphatic carbocycles. The molecule has 0 heterocycles. The van der Waals surface area contributed by atoms with Gasteiger partial charge < -0.3 is 15.4 Å². The molecule has 2 amide bonds. The van der Waals surface area contributed by atoms with Crippen LogP contribution in [0.5, 0.6) is 5.75 Å². The molecule has 2 rings (SSSR count). The van der Waals surface area contributed by atoms with Crippen molar-refractivity contribution in [2.24, 2.45) is 5.41 Å². The SMILES string of the molecule is COc1ccc(C(=O)NC2CCC(NC(=O)C#CC(C)(C)C)CC2)cc1C(C)C. The van der Waals surface area contributed by atoms with Gasteiger partial charge >= 0.3 is 0 Å². The zero-order valence-electron chi connectivity index (χ0n) is 18.5. The molecule has 5 heteroatoms. The molecule has 158 valence electrons. The molecule has 1 saturated carbocycles. The molecule has 0 saturated heterocycles. The Bertz CT molecular complexity index is 789. The van der Waals surface area contributed by atoms with Crippen molar-refractivity contribution in [1.29, 1.82) is 0 Å². The summed E-state index contributed by atoms with van der Waals surface area (Å²) in [5.41, 5.74) is 1.50. The van der Waals surface area contributed by atoms with E-state index in [0.717, 1.165) is 37.0 Å². The van der Waals surface area contributed by atoms with Crippen molar-refractivity contribution < 1.29 is 14.3 Å². The molecule has 0 unspecified atom stereocenters. The Labute approximate surface area is 175 Å². The summed E-state index contributed by atoms with van der Waals surface area (Å²) < 4.78 is 5.39. The molecule has 0 aliphatic heterocycles. The molecule has 0 radical (unpaired) electrons. The average Bonchev–Trinajstić information content (AvgIpc) is 2.66. The van der Waals surface area contributed by atoms with Gasteiger partial charge in [-0.15, -0.1) is 0 Å². The number of ether oxygens (including phenoxy) is 1. The summed E-state index contributed by atoms with van der Waals surface area (Å²) in [6.45, 7) is 10.1. The minimum Gasteiger partial charge on any atom is -0.496 e. The van der Waals surface area contributed by atoms with Crippen LogP contribution in [-0.2, 0) is 4.79 Å². The van der Waals surface area contributed by atoms with Crippen molar-refractivity contribution >= 4 is 11.8 Å². The van der Waals surface area contributed by atoms with Crippen LogP contribution in [-0.4, -0.2) is 31.0 Å². The van der Waals surface area contributed by atoms with E-state index in [0.29, 0.717) is 5.56 Å². The van der Waals surface area contributed by atoms with Crippen LogP contribution in [0.15, 0.2) is 18.2 Å². The second kappa shape index (κ2) is 9.82. The van der Waals surface area contributed by atoms with Gasteiger partial charge in [0, 0.05) is 23.1 Å². The summed E-state index contributed by atoms with van der Waals surface area (Å²) >= 11 is 0. The number of carbonyl (C=O) groups excluding carboxylic acids is 2. The summed E-state index contributed by atoms with van der Waals surface area (Å²) in [7, 11) is 1.65. The number of nitrogens with one attached hydrogen (secondary N) is 2. The van der Waals surface area contributed by atoms with Gasteiger partial charge in [-0.2, -0.15) is 0 Å². The maximum Gasteiger partial charge on any atom is 0.296 e. The lowest BCUT2D eigenvalue weighted by atomic mass is 9.90. The molecule has 29 heavy (non-hydrogen) atoms. The van der Waals surface area contributed by atoms with Crippen LogP contribution in [0.3, 0.4) is 0 Å². The predicted molar refractivity (Wildman–Crippen MR) is 116 cm³/mol. The third kappa shape index (κ3) is 7.12. The molecule has 1 fully saturated rings. The highest BCUT2D eigenvalue weighted by Gasteiger charge is 2.24. The van der Waals surface area contributed by atoms with Gasteiger partial charge in [0.1, 0.15) is 5.75 Å². The number of methoxy groups -OCH3 is 1. The largest absolute Gasteiger partial charge is 0.496 e. The van der Waals surface area contributed by atoms with Gasteiger partial charge in [0.2, 0.25) is 0 Å².